The molecule has 2 aliphatic rings. The molecule has 2 aromatic rings. The van der Waals surface area contributed by atoms with E-state index in [-0.39, 0.29) is 23.7 Å². The molecule has 1 saturated heterocycles. The molecule has 0 bridgehead atoms. The second-order valence-electron chi connectivity index (χ2n) is 6.48. The number of morpholine rings is 1. The average molecular weight is 341 g/mol. The van der Waals surface area contributed by atoms with Crippen LogP contribution >= 0.6 is 0 Å². The zero-order valence-corrected chi connectivity index (χ0v) is 13.8. The molecule has 0 spiro atoms. The number of rotatable bonds is 4. The summed E-state index contributed by atoms with van der Waals surface area (Å²) in [6, 6.07) is 10.3. The number of nitrogens with zero attached hydrogens (tertiary/aromatic N) is 2. The van der Waals surface area contributed by atoms with Gasteiger partial charge in [0.25, 0.3) is 5.91 Å². The van der Waals surface area contributed by atoms with Crippen LogP contribution in [0, 0.1) is 5.82 Å². The van der Waals surface area contributed by atoms with Crippen LogP contribution in [0.4, 0.5) is 10.1 Å². The minimum atomic E-state index is -0.241. The van der Waals surface area contributed by atoms with Crippen LogP contribution in [0.25, 0.3) is 0 Å². The molecular formula is C19H20FN3O2. The van der Waals surface area contributed by atoms with Gasteiger partial charge in [0.1, 0.15) is 11.5 Å². The summed E-state index contributed by atoms with van der Waals surface area (Å²) in [6.07, 6.45) is 2.50. The van der Waals surface area contributed by atoms with Gasteiger partial charge in [-0.15, -0.1) is 0 Å². The summed E-state index contributed by atoms with van der Waals surface area (Å²) in [4.78, 5) is 18.9. The summed E-state index contributed by atoms with van der Waals surface area (Å²) in [5.41, 5.74) is 2.33. The van der Waals surface area contributed by atoms with Gasteiger partial charge < -0.3 is 15.0 Å². The van der Waals surface area contributed by atoms with E-state index in [9.17, 15) is 9.18 Å². The summed E-state index contributed by atoms with van der Waals surface area (Å²) < 4.78 is 18.7. The van der Waals surface area contributed by atoms with Gasteiger partial charge >= 0.3 is 0 Å². The maximum atomic E-state index is 13.3. The fraction of sp³-hybridized carbons (Fsp3) is 0.368. The lowest BCUT2D eigenvalue weighted by molar-refractivity contribution is 0.0945. The molecule has 5 nitrogen and oxygen atoms in total. The van der Waals surface area contributed by atoms with Crippen LogP contribution in [0.5, 0.6) is 0 Å². The third-order valence-corrected chi connectivity index (χ3v) is 4.74. The second-order valence-corrected chi connectivity index (χ2v) is 6.48. The number of aromatic nitrogens is 1. The molecule has 1 aromatic carbocycles. The number of carbonyl (C=O) groups excluding carboxylic acids is 1. The standard InChI is InChI=1S/C19H20FN3O2/c20-14-3-1-2-13(10-14)16-12-17(16)22-19(24)18-11-15(4-5-21-18)23-6-8-25-9-7-23/h1-5,10-11,16-17H,6-9,12H2,(H,22,24)/t16-,17-/m1/s1. The third kappa shape index (κ3) is 3.64. The lowest BCUT2D eigenvalue weighted by atomic mass is 10.1. The van der Waals surface area contributed by atoms with E-state index < -0.39 is 0 Å². The molecule has 1 aliphatic carbocycles. The Morgan fingerprint density at radius 3 is 2.88 bits per heavy atom. The lowest BCUT2D eigenvalue weighted by Crippen LogP contribution is -2.36. The monoisotopic (exact) mass is 341 g/mol. The minimum absolute atomic E-state index is 0.0446. The molecule has 0 radical (unpaired) electrons. The van der Waals surface area contributed by atoms with Gasteiger partial charge in [-0.25, -0.2) is 4.39 Å². The van der Waals surface area contributed by atoms with E-state index in [1.54, 1.807) is 12.3 Å². The average Bonchev–Trinajstić information content (AvgIpc) is 3.42. The number of anilines is 1. The summed E-state index contributed by atoms with van der Waals surface area (Å²) in [6.45, 7) is 3.02. The molecule has 4 rings (SSSR count). The van der Waals surface area contributed by atoms with E-state index in [0.717, 1.165) is 30.8 Å². The van der Waals surface area contributed by atoms with E-state index in [1.165, 1.54) is 12.1 Å². The van der Waals surface area contributed by atoms with E-state index >= 15 is 0 Å². The van der Waals surface area contributed by atoms with Crippen molar-refractivity contribution in [3.63, 3.8) is 0 Å². The zero-order valence-electron chi connectivity index (χ0n) is 13.8. The van der Waals surface area contributed by atoms with Gasteiger partial charge in [0.15, 0.2) is 0 Å². The smallest absolute Gasteiger partial charge is 0.270 e. The molecule has 6 heteroatoms. The lowest BCUT2D eigenvalue weighted by Gasteiger charge is -2.28. The SMILES string of the molecule is O=C(N[C@@H]1C[C@@H]1c1cccc(F)c1)c1cc(N2CCOCC2)ccn1. The number of amides is 1. The first-order valence-electron chi connectivity index (χ1n) is 8.56. The predicted octanol–water partition coefficient (Wildman–Crippen LogP) is 2.34. The van der Waals surface area contributed by atoms with Crippen LogP contribution in [0.2, 0.25) is 0 Å². The van der Waals surface area contributed by atoms with Crippen LogP contribution in [-0.2, 0) is 4.74 Å². The van der Waals surface area contributed by atoms with E-state index in [1.807, 2.05) is 18.2 Å². The number of pyridine rings is 1. The van der Waals surface area contributed by atoms with E-state index in [2.05, 4.69) is 15.2 Å². The van der Waals surface area contributed by atoms with Crippen molar-refractivity contribution in [3.05, 3.63) is 59.7 Å². The Bertz CT molecular complexity index is 777. The molecule has 1 saturated carbocycles. The van der Waals surface area contributed by atoms with Gasteiger partial charge in [0, 0.05) is 36.9 Å². The highest BCUT2D eigenvalue weighted by Gasteiger charge is 2.39. The summed E-state index contributed by atoms with van der Waals surface area (Å²) in [5.74, 6) is -0.240. The van der Waals surface area contributed by atoms with Gasteiger partial charge in [0.05, 0.1) is 13.2 Å². The first-order valence-corrected chi connectivity index (χ1v) is 8.56. The van der Waals surface area contributed by atoms with Crippen LogP contribution in [0.15, 0.2) is 42.6 Å². The van der Waals surface area contributed by atoms with Gasteiger partial charge in [0.2, 0.25) is 0 Å². The Labute approximate surface area is 145 Å². The largest absolute Gasteiger partial charge is 0.378 e. The number of ether oxygens (including phenoxy) is 1. The number of hydrogen-bond acceptors (Lipinski definition) is 4. The summed E-state index contributed by atoms with van der Waals surface area (Å²) in [7, 11) is 0. The predicted molar refractivity (Wildman–Crippen MR) is 92.3 cm³/mol. The molecule has 130 valence electrons. The van der Waals surface area contributed by atoms with Crippen molar-refractivity contribution in [3.8, 4) is 0 Å². The van der Waals surface area contributed by atoms with Crippen molar-refractivity contribution in [1.82, 2.24) is 10.3 Å². The van der Waals surface area contributed by atoms with Gasteiger partial charge in [-0.2, -0.15) is 0 Å². The quantitative estimate of drug-likeness (QED) is 0.927. The number of carbonyl (C=O) groups is 1. The van der Waals surface area contributed by atoms with Crippen LogP contribution in [0.3, 0.4) is 0 Å². The van der Waals surface area contributed by atoms with Crippen molar-refractivity contribution >= 4 is 11.6 Å². The number of benzene rings is 1. The molecule has 1 amide bonds. The van der Waals surface area contributed by atoms with Crippen molar-refractivity contribution < 1.29 is 13.9 Å². The topological polar surface area (TPSA) is 54.5 Å². The molecule has 2 atom stereocenters. The third-order valence-electron chi connectivity index (χ3n) is 4.74. The highest BCUT2D eigenvalue weighted by atomic mass is 19.1. The first-order chi connectivity index (χ1) is 12.2. The fourth-order valence-electron chi connectivity index (χ4n) is 3.26. The zero-order chi connectivity index (χ0) is 17.2. The minimum Gasteiger partial charge on any atom is -0.378 e. The maximum Gasteiger partial charge on any atom is 0.270 e. The van der Waals surface area contributed by atoms with Crippen molar-refractivity contribution in [2.75, 3.05) is 31.2 Å². The molecule has 2 fully saturated rings. The molecule has 1 aliphatic heterocycles. The first kappa shape index (κ1) is 16.0. The Kier molecular flexibility index (Phi) is 4.36. The Hall–Kier alpha value is -2.47. The molecule has 1 N–H and O–H groups in total. The fourth-order valence-corrected chi connectivity index (χ4v) is 3.26. The number of nitrogens with one attached hydrogen (secondary N) is 1. The van der Waals surface area contributed by atoms with Crippen LogP contribution in [-0.4, -0.2) is 43.2 Å². The number of halogens is 1. The van der Waals surface area contributed by atoms with Crippen molar-refractivity contribution in [1.29, 1.82) is 0 Å². The van der Waals surface area contributed by atoms with Gasteiger partial charge in [-0.1, -0.05) is 12.1 Å². The maximum absolute atomic E-state index is 13.3. The Balaban J connectivity index is 1.40. The Morgan fingerprint density at radius 2 is 2.08 bits per heavy atom. The van der Waals surface area contributed by atoms with Gasteiger partial charge in [-0.3, -0.25) is 9.78 Å². The Morgan fingerprint density at radius 1 is 1.24 bits per heavy atom. The number of hydrogen-bond donors (Lipinski definition) is 1. The summed E-state index contributed by atoms with van der Waals surface area (Å²) in [5, 5.41) is 3.00. The highest BCUT2D eigenvalue weighted by molar-refractivity contribution is 5.93. The molecular weight excluding hydrogens is 321 g/mol. The van der Waals surface area contributed by atoms with Crippen molar-refractivity contribution in [2.24, 2.45) is 0 Å². The molecule has 2 heterocycles. The normalized spacial score (nSPS) is 22.5. The van der Waals surface area contributed by atoms with E-state index in [0.29, 0.717) is 18.9 Å². The second kappa shape index (κ2) is 6.80. The molecule has 0 unspecified atom stereocenters. The molecule has 25 heavy (non-hydrogen) atoms. The van der Waals surface area contributed by atoms with E-state index in [4.69, 9.17) is 4.74 Å². The van der Waals surface area contributed by atoms with Gasteiger partial charge in [-0.05, 0) is 36.2 Å². The molecule has 1 aromatic heterocycles. The highest BCUT2D eigenvalue weighted by Crippen LogP contribution is 2.41. The summed E-state index contributed by atoms with van der Waals surface area (Å²) >= 11 is 0. The van der Waals surface area contributed by atoms with Crippen LogP contribution < -0.4 is 10.2 Å². The van der Waals surface area contributed by atoms with Crippen molar-refractivity contribution in [2.45, 2.75) is 18.4 Å². The van der Waals surface area contributed by atoms with Crippen LogP contribution in [0.1, 0.15) is 28.4 Å².